The van der Waals surface area contributed by atoms with Gasteiger partial charge >= 0.3 is 0 Å². The van der Waals surface area contributed by atoms with Crippen LogP contribution in [0.15, 0.2) is 71.6 Å². The summed E-state index contributed by atoms with van der Waals surface area (Å²) in [6, 6.07) is 19.2. The number of benzene rings is 3. The first-order valence-corrected chi connectivity index (χ1v) is 12.0. The Morgan fingerprint density at radius 2 is 1.53 bits per heavy atom. The molecule has 0 heterocycles. The lowest BCUT2D eigenvalue weighted by Gasteiger charge is -2.25. The number of ether oxygens (including phenoxy) is 1. The molecule has 0 bridgehead atoms. The third-order valence-corrected chi connectivity index (χ3v) is 7.24. The van der Waals surface area contributed by atoms with Gasteiger partial charge in [0.2, 0.25) is 0 Å². The van der Waals surface area contributed by atoms with E-state index in [1.165, 1.54) is 12.1 Å². The van der Waals surface area contributed by atoms with Crippen LogP contribution in [0.4, 0.5) is 5.69 Å². The monoisotopic (exact) mass is 451 g/mol. The van der Waals surface area contributed by atoms with Crippen LogP contribution < -0.4 is 9.04 Å². The Morgan fingerprint density at radius 3 is 2.12 bits per heavy atom. The molecule has 6 heteroatoms. The molecule has 0 atom stereocenters. The van der Waals surface area contributed by atoms with Crippen LogP contribution in [0.5, 0.6) is 5.75 Å². The summed E-state index contributed by atoms with van der Waals surface area (Å²) in [6.07, 6.45) is 0. The van der Waals surface area contributed by atoms with E-state index in [0.29, 0.717) is 17.4 Å². The smallest absolute Gasteiger partial charge is 0.278 e. The number of anilines is 1. The SMILES string of the molecule is Cc1ccc(S(=O)(=O)N(C(=O)COc2ccc(C(C)C)cc2)c2cccc(C)c2C)cc1. The normalized spacial score (nSPS) is 11.4. The van der Waals surface area contributed by atoms with Gasteiger partial charge in [0.1, 0.15) is 5.75 Å². The first-order chi connectivity index (χ1) is 15.1. The van der Waals surface area contributed by atoms with E-state index >= 15 is 0 Å². The van der Waals surface area contributed by atoms with Crippen molar-refractivity contribution in [2.45, 2.75) is 45.4 Å². The van der Waals surface area contributed by atoms with Crippen LogP contribution in [0, 0.1) is 20.8 Å². The zero-order valence-corrected chi connectivity index (χ0v) is 19.9. The van der Waals surface area contributed by atoms with Crippen molar-refractivity contribution in [2.75, 3.05) is 10.9 Å². The molecule has 0 spiro atoms. The first-order valence-electron chi connectivity index (χ1n) is 10.5. The molecule has 0 radical (unpaired) electrons. The molecule has 0 N–H and O–H groups in total. The number of carbonyl (C=O) groups is 1. The Kier molecular flexibility index (Phi) is 7.04. The lowest BCUT2D eigenvalue weighted by atomic mass is 10.0. The molecule has 0 fully saturated rings. The average molecular weight is 452 g/mol. The van der Waals surface area contributed by atoms with Crippen LogP contribution in [0.1, 0.15) is 42.0 Å². The number of amides is 1. The maximum Gasteiger partial charge on any atom is 0.278 e. The number of sulfonamides is 1. The second-order valence-electron chi connectivity index (χ2n) is 8.21. The van der Waals surface area contributed by atoms with Crippen LogP contribution in [0.2, 0.25) is 0 Å². The molecule has 0 aromatic heterocycles. The van der Waals surface area contributed by atoms with E-state index in [0.717, 1.165) is 26.6 Å². The maximum absolute atomic E-state index is 13.5. The van der Waals surface area contributed by atoms with Gasteiger partial charge in [0.25, 0.3) is 15.9 Å². The molecule has 0 aliphatic carbocycles. The van der Waals surface area contributed by atoms with E-state index in [1.807, 2.05) is 32.0 Å². The molecule has 0 saturated heterocycles. The van der Waals surface area contributed by atoms with E-state index in [1.54, 1.807) is 43.3 Å². The highest BCUT2D eigenvalue weighted by Crippen LogP contribution is 2.29. The molecule has 0 saturated carbocycles. The third kappa shape index (κ3) is 5.02. The van der Waals surface area contributed by atoms with E-state index in [-0.39, 0.29) is 4.90 Å². The highest BCUT2D eigenvalue weighted by atomic mass is 32.2. The Hall–Kier alpha value is -3.12. The molecule has 168 valence electrons. The standard InChI is InChI=1S/C26H29NO4S/c1-18(2)22-11-13-23(14-12-22)31-17-26(28)27(25-8-6-7-20(4)21(25)5)32(29,30)24-15-9-19(3)10-16-24/h6-16,18H,17H2,1-5H3. The third-order valence-electron chi connectivity index (χ3n) is 5.49. The van der Waals surface area contributed by atoms with Gasteiger partial charge in [-0.3, -0.25) is 4.79 Å². The largest absolute Gasteiger partial charge is 0.484 e. The minimum absolute atomic E-state index is 0.0543. The van der Waals surface area contributed by atoms with Crippen molar-refractivity contribution in [1.29, 1.82) is 0 Å². The van der Waals surface area contributed by atoms with Gasteiger partial charge in [-0.05, 0) is 73.7 Å². The Bertz CT molecular complexity index is 1200. The molecule has 0 unspecified atom stereocenters. The van der Waals surface area contributed by atoms with Gasteiger partial charge in [-0.15, -0.1) is 0 Å². The molecule has 3 aromatic rings. The highest BCUT2D eigenvalue weighted by molar-refractivity contribution is 7.93. The van der Waals surface area contributed by atoms with Crippen LogP contribution in [-0.2, 0) is 14.8 Å². The van der Waals surface area contributed by atoms with Crippen molar-refractivity contribution in [2.24, 2.45) is 0 Å². The van der Waals surface area contributed by atoms with Gasteiger partial charge in [0.15, 0.2) is 6.61 Å². The van der Waals surface area contributed by atoms with Crippen molar-refractivity contribution < 1.29 is 17.9 Å². The van der Waals surface area contributed by atoms with Crippen LogP contribution in [-0.4, -0.2) is 20.9 Å². The molecule has 3 aromatic carbocycles. The number of nitrogens with zero attached hydrogens (tertiary/aromatic N) is 1. The molecule has 5 nitrogen and oxygen atoms in total. The molecular weight excluding hydrogens is 422 g/mol. The summed E-state index contributed by atoms with van der Waals surface area (Å²) in [5.41, 5.74) is 4.03. The van der Waals surface area contributed by atoms with Crippen LogP contribution in [0.25, 0.3) is 0 Å². The number of aryl methyl sites for hydroxylation is 2. The molecule has 1 amide bonds. The molecule has 0 aliphatic rings. The summed E-state index contributed by atoms with van der Waals surface area (Å²) in [6.45, 7) is 9.35. The molecule has 3 rings (SSSR count). The fourth-order valence-corrected chi connectivity index (χ4v) is 4.79. The zero-order chi connectivity index (χ0) is 23.5. The van der Waals surface area contributed by atoms with Gasteiger partial charge < -0.3 is 4.74 Å². The first kappa shape index (κ1) is 23.5. The van der Waals surface area contributed by atoms with Crippen molar-refractivity contribution in [3.63, 3.8) is 0 Å². The summed E-state index contributed by atoms with van der Waals surface area (Å²) in [7, 11) is -4.13. The summed E-state index contributed by atoms with van der Waals surface area (Å²) in [5.74, 6) is 0.230. The maximum atomic E-state index is 13.5. The van der Waals surface area contributed by atoms with Gasteiger partial charge in [0.05, 0.1) is 10.6 Å². The Labute approximate surface area is 190 Å². The van der Waals surface area contributed by atoms with Crippen molar-refractivity contribution in [3.05, 3.63) is 89.0 Å². The Balaban J connectivity index is 1.96. The summed E-state index contributed by atoms with van der Waals surface area (Å²) < 4.78 is 33.6. The van der Waals surface area contributed by atoms with E-state index in [2.05, 4.69) is 13.8 Å². The lowest BCUT2D eigenvalue weighted by Crippen LogP contribution is -2.40. The number of rotatable bonds is 7. The Morgan fingerprint density at radius 1 is 0.906 bits per heavy atom. The average Bonchev–Trinajstić information content (AvgIpc) is 2.76. The predicted molar refractivity (Wildman–Crippen MR) is 128 cm³/mol. The minimum atomic E-state index is -4.13. The second-order valence-corrected chi connectivity index (χ2v) is 9.99. The lowest BCUT2D eigenvalue weighted by molar-refractivity contribution is -0.119. The van der Waals surface area contributed by atoms with Gasteiger partial charge in [-0.2, -0.15) is 4.31 Å². The highest BCUT2D eigenvalue weighted by Gasteiger charge is 2.32. The van der Waals surface area contributed by atoms with E-state index < -0.39 is 22.5 Å². The summed E-state index contributed by atoms with van der Waals surface area (Å²) in [5, 5.41) is 0. The van der Waals surface area contributed by atoms with Crippen LogP contribution >= 0.6 is 0 Å². The number of hydrogen-bond donors (Lipinski definition) is 0. The van der Waals surface area contributed by atoms with Gasteiger partial charge in [-0.25, -0.2) is 8.42 Å². The van der Waals surface area contributed by atoms with Crippen molar-refractivity contribution in [3.8, 4) is 5.75 Å². The number of hydrogen-bond acceptors (Lipinski definition) is 4. The van der Waals surface area contributed by atoms with E-state index in [9.17, 15) is 13.2 Å². The topological polar surface area (TPSA) is 63.7 Å². The molecular formula is C26H29NO4S. The fraction of sp³-hybridized carbons (Fsp3) is 0.269. The summed E-state index contributed by atoms with van der Waals surface area (Å²) in [4.78, 5) is 13.3. The van der Waals surface area contributed by atoms with Crippen LogP contribution in [0.3, 0.4) is 0 Å². The minimum Gasteiger partial charge on any atom is -0.484 e. The van der Waals surface area contributed by atoms with Crippen molar-refractivity contribution in [1.82, 2.24) is 0 Å². The zero-order valence-electron chi connectivity index (χ0n) is 19.1. The molecule has 0 aliphatic heterocycles. The van der Waals surface area contributed by atoms with Gasteiger partial charge in [-0.1, -0.05) is 55.8 Å². The summed E-state index contributed by atoms with van der Waals surface area (Å²) >= 11 is 0. The second kappa shape index (κ2) is 9.57. The predicted octanol–water partition coefficient (Wildman–Crippen LogP) is 5.54. The quantitative estimate of drug-likeness (QED) is 0.473. The van der Waals surface area contributed by atoms with Gasteiger partial charge in [0, 0.05) is 0 Å². The number of carbonyl (C=O) groups excluding carboxylic acids is 1. The fourth-order valence-electron chi connectivity index (χ4n) is 3.32. The van der Waals surface area contributed by atoms with E-state index in [4.69, 9.17) is 4.74 Å². The van der Waals surface area contributed by atoms with Crippen molar-refractivity contribution >= 4 is 21.6 Å². The molecule has 32 heavy (non-hydrogen) atoms.